The molecule has 4 aromatic rings. The van der Waals surface area contributed by atoms with Gasteiger partial charge in [0.15, 0.2) is 0 Å². The van der Waals surface area contributed by atoms with Crippen LogP contribution in [-0.4, -0.2) is 14.5 Å². The summed E-state index contributed by atoms with van der Waals surface area (Å²) in [6, 6.07) is 21.9. The van der Waals surface area contributed by atoms with Gasteiger partial charge in [0.25, 0.3) is 0 Å². The molecule has 1 aliphatic heterocycles. The zero-order valence-electron chi connectivity index (χ0n) is 14.2. The first-order valence-corrected chi connectivity index (χ1v) is 8.79. The Labute approximate surface area is 147 Å². The van der Waals surface area contributed by atoms with Gasteiger partial charge < -0.3 is 4.57 Å². The van der Waals surface area contributed by atoms with Gasteiger partial charge in [0.05, 0.1) is 17.1 Å². The summed E-state index contributed by atoms with van der Waals surface area (Å²) in [5.41, 5.74) is 7.13. The Hall–Kier alpha value is -2.94. The summed E-state index contributed by atoms with van der Waals surface area (Å²) in [6.07, 6.45) is 4.01. The molecule has 2 aromatic heterocycles. The Balaban J connectivity index is 1.69. The fourth-order valence-corrected chi connectivity index (χ4v) is 4.01. The van der Waals surface area contributed by atoms with Crippen LogP contribution in [0.2, 0.25) is 0 Å². The smallest absolute Gasteiger partial charge is 0.110 e. The quantitative estimate of drug-likeness (QED) is 0.522. The van der Waals surface area contributed by atoms with Crippen molar-refractivity contribution in [2.75, 3.05) is 0 Å². The van der Waals surface area contributed by atoms with Gasteiger partial charge in [0.1, 0.15) is 5.82 Å². The van der Waals surface area contributed by atoms with E-state index in [1.165, 1.54) is 28.0 Å². The minimum atomic E-state index is 0.381. The molecule has 0 saturated heterocycles. The monoisotopic (exact) mass is 325 g/mol. The van der Waals surface area contributed by atoms with Crippen molar-refractivity contribution in [3.63, 3.8) is 0 Å². The molecule has 0 N–H and O–H groups in total. The highest BCUT2D eigenvalue weighted by Crippen LogP contribution is 2.36. The summed E-state index contributed by atoms with van der Waals surface area (Å²) in [6.45, 7) is 2.06. The van der Waals surface area contributed by atoms with Gasteiger partial charge in [-0.25, -0.2) is 4.98 Å². The third-order valence-electron chi connectivity index (χ3n) is 5.22. The first-order chi connectivity index (χ1) is 12.3. The number of aryl methyl sites for hydroxylation is 2. The van der Waals surface area contributed by atoms with E-state index in [0.717, 1.165) is 24.1 Å². The average Bonchev–Trinajstić information content (AvgIpc) is 3.21. The molecule has 0 radical (unpaired) electrons. The van der Waals surface area contributed by atoms with Crippen LogP contribution in [0.3, 0.4) is 0 Å². The van der Waals surface area contributed by atoms with Gasteiger partial charge in [0.2, 0.25) is 0 Å². The van der Waals surface area contributed by atoms with Gasteiger partial charge in [-0.2, -0.15) is 0 Å². The van der Waals surface area contributed by atoms with Crippen LogP contribution in [0.25, 0.3) is 22.2 Å². The number of imidazole rings is 1. The first-order valence-electron chi connectivity index (χ1n) is 8.79. The van der Waals surface area contributed by atoms with E-state index in [1.54, 1.807) is 0 Å². The fraction of sp³-hybridized carbons (Fsp3) is 0.182. The predicted molar refractivity (Wildman–Crippen MR) is 101 cm³/mol. The summed E-state index contributed by atoms with van der Waals surface area (Å²) in [7, 11) is 0. The van der Waals surface area contributed by atoms with Crippen LogP contribution in [0.1, 0.15) is 29.5 Å². The van der Waals surface area contributed by atoms with Crippen LogP contribution in [0.4, 0.5) is 0 Å². The molecule has 5 rings (SSSR count). The van der Waals surface area contributed by atoms with E-state index < -0.39 is 0 Å². The Morgan fingerprint density at radius 1 is 1.00 bits per heavy atom. The van der Waals surface area contributed by atoms with Gasteiger partial charge in [-0.3, -0.25) is 4.98 Å². The number of benzene rings is 2. The molecule has 1 atom stereocenters. The number of pyridine rings is 1. The van der Waals surface area contributed by atoms with E-state index in [1.807, 2.05) is 12.3 Å². The van der Waals surface area contributed by atoms with Crippen LogP contribution < -0.4 is 0 Å². The van der Waals surface area contributed by atoms with Crippen molar-refractivity contribution in [3.8, 4) is 11.1 Å². The second kappa shape index (κ2) is 5.55. The maximum atomic E-state index is 4.87. The van der Waals surface area contributed by atoms with E-state index in [0.29, 0.717) is 6.04 Å². The van der Waals surface area contributed by atoms with Crippen molar-refractivity contribution < 1.29 is 0 Å². The third-order valence-corrected chi connectivity index (χ3v) is 5.22. The average molecular weight is 325 g/mol. The number of fused-ring (bicyclic) bond motifs is 3. The van der Waals surface area contributed by atoms with E-state index in [-0.39, 0.29) is 0 Å². The zero-order chi connectivity index (χ0) is 16.8. The first kappa shape index (κ1) is 14.4. The Bertz CT molecular complexity index is 1060. The molecule has 0 saturated carbocycles. The SMILES string of the molecule is Cc1ncccc1-c1ccc2nc3n(c2c1)C(c1ccccc1)CC3. The molecule has 3 nitrogen and oxygen atoms in total. The lowest BCUT2D eigenvalue weighted by Gasteiger charge is -2.15. The molecule has 0 amide bonds. The molecule has 3 heterocycles. The molecule has 0 fully saturated rings. The second-order valence-corrected chi connectivity index (χ2v) is 6.70. The third kappa shape index (κ3) is 2.27. The van der Waals surface area contributed by atoms with Crippen molar-refractivity contribution in [2.24, 2.45) is 0 Å². The molecule has 25 heavy (non-hydrogen) atoms. The molecule has 0 aliphatic carbocycles. The highest BCUT2D eigenvalue weighted by atomic mass is 15.1. The summed E-state index contributed by atoms with van der Waals surface area (Å²) in [4.78, 5) is 9.31. The van der Waals surface area contributed by atoms with Gasteiger partial charge in [-0.1, -0.05) is 42.5 Å². The molecule has 122 valence electrons. The van der Waals surface area contributed by atoms with Crippen molar-refractivity contribution in [3.05, 3.63) is 83.9 Å². The Morgan fingerprint density at radius 3 is 2.72 bits per heavy atom. The number of aromatic nitrogens is 3. The lowest BCUT2D eigenvalue weighted by atomic mass is 10.0. The summed E-state index contributed by atoms with van der Waals surface area (Å²) >= 11 is 0. The van der Waals surface area contributed by atoms with Crippen molar-refractivity contribution in [1.82, 2.24) is 14.5 Å². The van der Waals surface area contributed by atoms with E-state index >= 15 is 0 Å². The summed E-state index contributed by atoms with van der Waals surface area (Å²) in [5, 5.41) is 0. The van der Waals surface area contributed by atoms with Crippen molar-refractivity contribution in [1.29, 1.82) is 0 Å². The number of hydrogen-bond donors (Lipinski definition) is 0. The van der Waals surface area contributed by atoms with Gasteiger partial charge in [-0.05, 0) is 42.7 Å². The highest BCUT2D eigenvalue weighted by molar-refractivity contribution is 5.83. The zero-order valence-corrected chi connectivity index (χ0v) is 14.2. The maximum Gasteiger partial charge on any atom is 0.110 e. The Morgan fingerprint density at radius 2 is 1.88 bits per heavy atom. The van der Waals surface area contributed by atoms with Crippen molar-refractivity contribution in [2.45, 2.75) is 25.8 Å². The summed E-state index contributed by atoms with van der Waals surface area (Å²) < 4.78 is 2.43. The fourth-order valence-electron chi connectivity index (χ4n) is 4.01. The molecular formula is C22H19N3. The van der Waals surface area contributed by atoms with Crippen LogP contribution in [0.5, 0.6) is 0 Å². The minimum absolute atomic E-state index is 0.381. The number of nitrogens with zero attached hydrogens (tertiary/aromatic N) is 3. The van der Waals surface area contributed by atoms with Crippen LogP contribution in [0.15, 0.2) is 66.9 Å². The second-order valence-electron chi connectivity index (χ2n) is 6.70. The molecule has 3 heteroatoms. The van der Waals surface area contributed by atoms with Gasteiger partial charge in [-0.15, -0.1) is 0 Å². The maximum absolute atomic E-state index is 4.87. The standard InChI is InChI=1S/C22H19N3/c1-15-18(8-5-13-23-15)17-9-10-19-21(14-17)25-20(11-12-22(25)24-19)16-6-3-2-4-7-16/h2-10,13-14,20H,11-12H2,1H3. The molecule has 1 unspecified atom stereocenters. The minimum Gasteiger partial charge on any atom is -0.320 e. The molecule has 1 aliphatic rings. The van der Waals surface area contributed by atoms with Crippen LogP contribution in [-0.2, 0) is 6.42 Å². The molecule has 2 aromatic carbocycles. The molecular weight excluding hydrogens is 306 g/mol. The normalized spacial score (nSPS) is 16.3. The topological polar surface area (TPSA) is 30.7 Å². The molecule has 0 spiro atoms. The lowest BCUT2D eigenvalue weighted by Crippen LogP contribution is -2.05. The number of hydrogen-bond acceptors (Lipinski definition) is 2. The largest absolute Gasteiger partial charge is 0.320 e. The number of rotatable bonds is 2. The predicted octanol–water partition coefficient (Wildman–Crippen LogP) is 4.94. The molecule has 0 bridgehead atoms. The van der Waals surface area contributed by atoms with Gasteiger partial charge >= 0.3 is 0 Å². The highest BCUT2D eigenvalue weighted by Gasteiger charge is 2.27. The lowest BCUT2D eigenvalue weighted by molar-refractivity contribution is 0.637. The van der Waals surface area contributed by atoms with E-state index in [4.69, 9.17) is 4.98 Å². The Kier molecular flexibility index (Phi) is 3.20. The van der Waals surface area contributed by atoms with Gasteiger partial charge in [0, 0.05) is 23.9 Å². The summed E-state index contributed by atoms with van der Waals surface area (Å²) in [5.74, 6) is 1.20. The van der Waals surface area contributed by atoms with E-state index in [2.05, 4.69) is 71.1 Å². The van der Waals surface area contributed by atoms with E-state index in [9.17, 15) is 0 Å². The van der Waals surface area contributed by atoms with Crippen LogP contribution in [0, 0.1) is 6.92 Å². The van der Waals surface area contributed by atoms with Crippen LogP contribution >= 0.6 is 0 Å². The van der Waals surface area contributed by atoms with Crippen molar-refractivity contribution >= 4 is 11.0 Å².